The minimum absolute atomic E-state index is 0.249. The third-order valence-corrected chi connectivity index (χ3v) is 8.08. The molecule has 2 atom stereocenters. The summed E-state index contributed by atoms with van der Waals surface area (Å²) in [6, 6.07) is 0. The minimum atomic E-state index is -0.249. The molecule has 4 N–H and O–H groups in total. The zero-order valence-electron chi connectivity index (χ0n) is 29.5. The van der Waals surface area contributed by atoms with Crippen molar-refractivity contribution >= 4 is 0 Å². The van der Waals surface area contributed by atoms with E-state index >= 15 is 0 Å². The van der Waals surface area contributed by atoms with E-state index in [1.807, 2.05) is 0 Å². The number of hydrogen-bond acceptors (Lipinski definition) is 5. The molecule has 0 aliphatic heterocycles. The van der Waals surface area contributed by atoms with Gasteiger partial charge in [0.15, 0.2) is 0 Å². The quantitative estimate of drug-likeness (QED) is 0.0429. The van der Waals surface area contributed by atoms with E-state index in [1.165, 1.54) is 77.0 Å². The molecule has 0 saturated heterocycles. The first-order chi connectivity index (χ1) is 21.6. The zero-order valence-corrected chi connectivity index (χ0v) is 29.5. The highest BCUT2D eigenvalue weighted by molar-refractivity contribution is 4.93. The van der Waals surface area contributed by atoms with Gasteiger partial charge in [-0.25, -0.2) is 0 Å². The van der Waals surface area contributed by atoms with Gasteiger partial charge in [0.1, 0.15) is 0 Å². The number of nitrogens with zero attached hydrogens (tertiary/aromatic N) is 1. The summed E-state index contributed by atoms with van der Waals surface area (Å²) in [5.74, 6) is 0. The monoisotopic (exact) mass is 618 g/mol. The van der Waals surface area contributed by atoms with Gasteiger partial charge in [0, 0.05) is 39.3 Å². The number of hydrogen-bond donors (Lipinski definition) is 4. The average Bonchev–Trinajstić information content (AvgIpc) is 3.02. The van der Waals surface area contributed by atoms with Crippen LogP contribution in [0.25, 0.3) is 0 Å². The lowest BCUT2D eigenvalue weighted by Gasteiger charge is -2.19. The number of aliphatic hydroxyl groups excluding tert-OH is 2. The Morgan fingerprint density at radius 2 is 0.864 bits per heavy atom. The number of unbranched alkanes of at least 4 members (excludes halogenated alkanes) is 12. The van der Waals surface area contributed by atoms with Crippen LogP contribution in [0.5, 0.6) is 0 Å². The Balaban J connectivity index is 3.48. The van der Waals surface area contributed by atoms with Crippen molar-refractivity contribution in [1.29, 1.82) is 0 Å². The maximum atomic E-state index is 10.3. The van der Waals surface area contributed by atoms with Gasteiger partial charge in [0.25, 0.3) is 0 Å². The molecule has 5 heteroatoms. The fourth-order valence-electron chi connectivity index (χ4n) is 5.07. The lowest BCUT2D eigenvalue weighted by atomic mass is 10.1. The largest absolute Gasteiger partial charge is 0.392 e. The van der Waals surface area contributed by atoms with Crippen molar-refractivity contribution in [3.05, 3.63) is 48.6 Å². The molecule has 0 amide bonds. The van der Waals surface area contributed by atoms with Gasteiger partial charge in [-0.3, -0.25) is 0 Å². The maximum absolute atomic E-state index is 10.3. The SMILES string of the molecule is CCCCC/C=C\C/C=C\CCCCCC(O)CNCCN(C)CCNCC(O)CCCCC/C=C\C/C=C\CCCCC. The fourth-order valence-corrected chi connectivity index (χ4v) is 5.07. The average molecular weight is 618 g/mol. The van der Waals surface area contributed by atoms with Gasteiger partial charge < -0.3 is 25.7 Å². The Bertz CT molecular complexity index is 620. The van der Waals surface area contributed by atoms with E-state index in [0.29, 0.717) is 13.1 Å². The highest BCUT2D eigenvalue weighted by Crippen LogP contribution is 2.08. The maximum Gasteiger partial charge on any atom is 0.0664 e. The number of likely N-dealkylation sites (N-methyl/N-ethyl adjacent to an activating group) is 1. The van der Waals surface area contributed by atoms with Crippen molar-refractivity contribution < 1.29 is 10.2 Å². The molecule has 0 saturated carbocycles. The van der Waals surface area contributed by atoms with E-state index in [-0.39, 0.29) is 12.2 Å². The lowest BCUT2D eigenvalue weighted by molar-refractivity contribution is 0.155. The second-order valence-electron chi connectivity index (χ2n) is 12.6. The molecule has 5 nitrogen and oxygen atoms in total. The summed E-state index contributed by atoms with van der Waals surface area (Å²) in [6.07, 6.45) is 41.4. The predicted octanol–water partition coefficient (Wildman–Crippen LogP) is 8.89. The van der Waals surface area contributed by atoms with E-state index in [2.05, 4.69) is 85.0 Å². The Morgan fingerprint density at radius 1 is 0.500 bits per heavy atom. The van der Waals surface area contributed by atoms with Crippen molar-refractivity contribution in [1.82, 2.24) is 15.5 Å². The number of aliphatic hydroxyl groups is 2. The van der Waals surface area contributed by atoms with E-state index in [1.54, 1.807) is 0 Å². The van der Waals surface area contributed by atoms with Crippen molar-refractivity contribution in [2.75, 3.05) is 46.3 Å². The van der Waals surface area contributed by atoms with Crippen LogP contribution in [0.3, 0.4) is 0 Å². The molecule has 0 aliphatic carbocycles. The molecule has 0 aromatic rings. The van der Waals surface area contributed by atoms with Gasteiger partial charge in [-0.2, -0.15) is 0 Å². The summed E-state index contributed by atoms with van der Waals surface area (Å²) in [7, 11) is 2.13. The second kappa shape index (κ2) is 36.2. The molecule has 0 aromatic heterocycles. The van der Waals surface area contributed by atoms with Crippen molar-refractivity contribution in [2.45, 2.75) is 154 Å². The first kappa shape index (κ1) is 42.8. The smallest absolute Gasteiger partial charge is 0.0664 e. The standard InChI is InChI=1S/C39H75N3O2/c1-4-6-8-10-12-14-16-18-20-22-24-26-28-30-38(43)36-40-32-34-42(3)35-33-41-37-39(44)31-29-27-25-23-21-19-17-15-13-11-9-7-5-2/h12-15,18-21,38-41,43-44H,4-11,16-17,22-37H2,1-3H3/b14-12-,15-13-,20-18-,21-19-. The molecular weight excluding hydrogens is 542 g/mol. The predicted molar refractivity (Wildman–Crippen MR) is 195 cm³/mol. The van der Waals surface area contributed by atoms with Gasteiger partial charge in [0.2, 0.25) is 0 Å². The molecule has 258 valence electrons. The summed E-state index contributed by atoms with van der Waals surface area (Å²) >= 11 is 0. The van der Waals surface area contributed by atoms with Crippen LogP contribution in [-0.2, 0) is 0 Å². The molecule has 44 heavy (non-hydrogen) atoms. The molecule has 0 aliphatic rings. The van der Waals surface area contributed by atoms with Crippen LogP contribution in [-0.4, -0.2) is 73.6 Å². The highest BCUT2D eigenvalue weighted by Gasteiger charge is 2.05. The first-order valence-corrected chi connectivity index (χ1v) is 18.7. The molecule has 0 bridgehead atoms. The van der Waals surface area contributed by atoms with Gasteiger partial charge >= 0.3 is 0 Å². The van der Waals surface area contributed by atoms with Crippen LogP contribution in [0, 0.1) is 0 Å². The summed E-state index contributed by atoms with van der Waals surface area (Å²) in [5, 5.41) is 27.3. The van der Waals surface area contributed by atoms with Crippen LogP contribution in [0.2, 0.25) is 0 Å². The van der Waals surface area contributed by atoms with E-state index in [0.717, 1.165) is 77.5 Å². The molecule has 2 unspecified atom stereocenters. The van der Waals surface area contributed by atoms with E-state index < -0.39 is 0 Å². The third-order valence-electron chi connectivity index (χ3n) is 8.08. The topological polar surface area (TPSA) is 67.8 Å². The van der Waals surface area contributed by atoms with E-state index in [9.17, 15) is 10.2 Å². The first-order valence-electron chi connectivity index (χ1n) is 18.7. The van der Waals surface area contributed by atoms with E-state index in [4.69, 9.17) is 0 Å². The van der Waals surface area contributed by atoms with Crippen LogP contribution in [0.15, 0.2) is 48.6 Å². The second-order valence-corrected chi connectivity index (χ2v) is 12.6. The third kappa shape index (κ3) is 35.2. The summed E-state index contributed by atoms with van der Waals surface area (Å²) < 4.78 is 0. The zero-order chi connectivity index (χ0) is 32.2. The van der Waals surface area contributed by atoms with Gasteiger partial charge in [0.05, 0.1) is 12.2 Å². The number of nitrogens with one attached hydrogen (secondary N) is 2. The van der Waals surface area contributed by atoms with Gasteiger partial charge in [-0.05, 0) is 84.1 Å². The molecule has 0 radical (unpaired) electrons. The van der Waals surface area contributed by atoms with Crippen LogP contribution >= 0.6 is 0 Å². The lowest BCUT2D eigenvalue weighted by Crippen LogP contribution is -2.38. The molecule has 0 aromatic carbocycles. The summed E-state index contributed by atoms with van der Waals surface area (Å²) in [4.78, 5) is 2.30. The van der Waals surface area contributed by atoms with Crippen LogP contribution in [0.4, 0.5) is 0 Å². The number of rotatable bonds is 34. The normalized spacial score (nSPS) is 14.0. The fraction of sp³-hybridized carbons (Fsp3) is 0.795. The van der Waals surface area contributed by atoms with Gasteiger partial charge in [-0.15, -0.1) is 0 Å². The number of allylic oxidation sites excluding steroid dienone is 8. The minimum Gasteiger partial charge on any atom is -0.392 e. The molecule has 0 rings (SSSR count). The summed E-state index contributed by atoms with van der Waals surface area (Å²) in [5.41, 5.74) is 0. The Morgan fingerprint density at radius 3 is 1.23 bits per heavy atom. The Kier molecular flexibility index (Phi) is 35.2. The molecule has 0 heterocycles. The van der Waals surface area contributed by atoms with Crippen LogP contribution in [0.1, 0.15) is 142 Å². The highest BCUT2D eigenvalue weighted by atomic mass is 16.3. The van der Waals surface area contributed by atoms with Crippen LogP contribution < -0.4 is 10.6 Å². The Hall–Kier alpha value is -1.24. The summed E-state index contributed by atoms with van der Waals surface area (Å²) in [6.45, 7) is 9.54. The van der Waals surface area contributed by atoms with Crippen molar-refractivity contribution in [3.8, 4) is 0 Å². The van der Waals surface area contributed by atoms with Crippen molar-refractivity contribution in [3.63, 3.8) is 0 Å². The Labute approximate surface area is 274 Å². The van der Waals surface area contributed by atoms with Gasteiger partial charge in [-0.1, -0.05) is 114 Å². The molecule has 0 spiro atoms. The van der Waals surface area contributed by atoms with Crippen molar-refractivity contribution in [2.24, 2.45) is 0 Å². The molecule has 0 fully saturated rings. The molecular formula is C39H75N3O2.